The zero-order valence-corrected chi connectivity index (χ0v) is 21.0. The van der Waals surface area contributed by atoms with Gasteiger partial charge in [0.05, 0.1) is 20.2 Å². The number of guanidine groups is 1. The topological polar surface area (TPSA) is 94.8 Å². The van der Waals surface area contributed by atoms with Crippen LogP contribution in [0.15, 0.2) is 29.3 Å². The molecule has 2 heterocycles. The van der Waals surface area contributed by atoms with Crippen molar-refractivity contribution >= 4 is 29.9 Å². The fourth-order valence-corrected chi connectivity index (χ4v) is 3.37. The van der Waals surface area contributed by atoms with Crippen LogP contribution in [0.2, 0.25) is 0 Å². The van der Waals surface area contributed by atoms with Crippen LogP contribution >= 0.6 is 24.0 Å². The number of nitrogens with zero attached hydrogens (tertiary/aromatic N) is 4. The van der Waals surface area contributed by atoms with Crippen LogP contribution in [-0.4, -0.2) is 60.2 Å². The molecule has 2 atom stereocenters. The number of methoxy groups -OCH3 is 2. The lowest BCUT2D eigenvalue weighted by Crippen LogP contribution is -2.47. The molecule has 0 fully saturated rings. The van der Waals surface area contributed by atoms with E-state index in [9.17, 15) is 0 Å². The van der Waals surface area contributed by atoms with Gasteiger partial charge in [0, 0.05) is 26.1 Å². The predicted octanol–water partition coefficient (Wildman–Crippen LogP) is 2.39. The van der Waals surface area contributed by atoms with Gasteiger partial charge in [0.1, 0.15) is 18.5 Å². The van der Waals surface area contributed by atoms with Crippen molar-refractivity contribution in [2.45, 2.75) is 52.0 Å². The summed E-state index contributed by atoms with van der Waals surface area (Å²) >= 11 is 0. The van der Waals surface area contributed by atoms with Gasteiger partial charge >= 0.3 is 0 Å². The first-order chi connectivity index (χ1) is 14.6. The number of nitrogens with one attached hydrogen (secondary N) is 2. The Morgan fingerprint density at radius 3 is 2.77 bits per heavy atom. The molecule has 0 spiro atoms. The molecule has 3 rings (SSSR count). The number of fused-ring (bicyclic) bond motifs is 1. The minimum Gasteiger partial charge on any atom is -0.493 e. The van der Waals surface area contributed by atoms with Gasteiger partial charge in [0.15, 0.2) is 23.3 Å². The second-order valence-corrected chi connectivity index (χ2v) is 7.24. The van der Waals surface area contributed by atoms with E-state index in [0.29, 0.717) is 13.2 Å². The summed E-state index contributed by atoms with van der Waals surface area (Å²) in [4.78, 5) is 9.24. The van der Waals surface area contributed by atoms with Crippen LogP contribution in [0, 0.1) is 0 Å². The fourth-order valence-electron chi connectivity index (χ4n) is 3.37. The maximum absolute atomic E-state index is 6.01. The third-order valence-electron chi connectivity index (χ3n) is 4.76. The molecular weight excluding hydrogens is 511 g/mol. The number of ether oxygens (including phenoxy) is 3. The van der Waals surface area contributed by atoms with E-state index in [0.717, 1.165) is 55.0 Å². The summed E-state index contributed by atoms with van der Waals surface area (Å²) < 4.78 is 18.5. The van der Waals surface area contributed by atoms with Crippen molar-refractivity contribution in [3.05, 3.63) is 35.9 Å². The summed E-state index contributed by atoms with van der Waals surface area (Å²) in [6.45, 7) is 6.55. The maximum Gasteiger partial charge on any atom is 0.191 e. The molecule has 10 heteroatoms. The highest BCUT2D eigenvalue weighted by Gasteiger charge is 2.22. The minimum absolute atomic E-state index is 0. The highest BCUT2D eigenvalue weighted by molar-refractivity contribution is 14.0. The van der Waals surface area contributed by atoms with Crippen molar-refractivity contribution in [2.24, 2.45) is 4.99 Å². The number of para-hydroxylation sites is 2. The molecule has 0 amide bonds. The summed E-state index contributed by atoms with van der Waals surface area (Å²) in [5.74, 6) is 3.96. The number of hydrogen-bond acceptors (Lipinski definition) is 6. The van der Waals surface area contributed by atoms with Gasteiger partial charge in [0.2, 0.25) is 0 Å². The van der Waals surface area contributed by atoms with E-state index < -0.39 is 0 Å². The van der Waals surface area contributed by atoms with E-state index in [-0.39, 0.29) is 36.1 Å². The number of aromatic nitrogens is 3. The summed E-state index contributed by atoms with van der Waals surface area (Å²) in [5, 5.41) is 11.4. The zero-order chi connectivity index (χ0) is 21.3. The molecule has 1 aliphatic rings. The summed E-state index contributed by atoms with van der Waals surface area (Å²) in [6.07, 6.45) is 1.76. The molecule has 2 aromatic rings. The highest BCUT2D eigenvalue weighted by Crippen LogP contribution is 2.26. The second kappa shape index (κ2) is 12.7. The first-order valence-electron chi connectivity index (χ1n) is 10.4. The summed E-state index contributed by atoms with van der Waals surface area (Å²) in [5.41, 5.74) is 0. The lowest BCUT2D eigenvalue weighted by Gasteiger charge is -2.25. The van der Waals surface area contributed by atoms with E-state index in [1.165, 1.54) is 0 Å². The predicted molar refractivity (Wildman–Crippen MR) is 130 cm³/mol. The van der Waals surface area contributed by atoms with Gasteiger partial charge in [0.25, 0.3) is 0 Å². The molecule has 1 aromatic heterocycles. The molecule has 1 aliphatic heterocycles. The smallest absolute Gasteiger partial charge is 0.191 e. The Bertz CT molecular complexity index is 844. The van der Waals surface area contributed by atoms with Crippen molar-refractivity contribution < 1.29 is 14.2 Å². The Morgan fingerprint density at radius 1 is 1.29 bits per heavy atom. The highest BCUT2D eigenvalue weighted by atomic mass is 127. The van der Waals surface area contributed by atoms with Crippen LogP contribution in [0.1, 0.15) is 31.9 Å². The van der Waals surface area contributed by atoms with Gasteiger partial charge in [-0.2, -0.15) is 5.10 Å². The average molecular weight is 544 g/mol. The van der Waals surface area contributed by atoms with Crippen LogP contribution in [-0.2, 0) is 24.3 Å². The molecule has 0 saturated carbocycles. The van der Waals surface area contributed by atoms with Gasteiger partial charge in [-0.05, 0) is 32.4 Å². The molecule has 2 N–H and O–H groups in total. The molecule has 1 aromatic carbocycles. The van der Waals surface area contributed by atoms with Gasteiger partial charge in [-0.15, -0.1) is 24.0 Å². The van der Waals surface area contributed by atoms with E-state index in [1.807, 2.05) is 35.9 Å². The summed E-state index contributed by atoms with van der Waals surface area (Å²) in [6, 6.07) is 7.87. The van der Waals surface area contributed by atoms with Crippen molar-refractivity contribution in [3.8, 4) is 11.5 Å². The van der Waals surface area contributed by atoms with Crippen molar-refractivity contribution in [2.75, 3.05) is 27.3 Å². The van der Waals surface area contributed by atoms with Crippen LogP contribution in [0.25, 0.3) is 0 Å². The Hall–Kier alpha value is -2.08. The number of benzene rings is 1. The monoisotopic (exact) mass is 544 g/mol. The number of aryl methyl sites for hydroxylation is 1. The SMILES string of the molecule is CCNC(=NCC(C)Oc1ccccc1OC)NC1CCc2nc(COC)nn2C1.I. The molecule has 0 saturated heterocycles. The Morgan fingerprint density at radius 2 is 2.06 bits per heavy atom. The summed E-state index contributed by atoms with van der Waals surface area (Å²) in [7, 11) is 3.29. The average Bonchev–Trinajstić information content (AvgIpc) is 3.14. The molecule has 9 nitrogen and oxygen atoms in total. The van der Waals surface area contributed by atoms with Gasteiger partial charge in [-0.25, -0.2) is 14.7 Å². The third kappa shape index (κ3) is 7.23. The quantitative estimate of drug-likeness (QED) is 0.285. The van der Waals surface area contributed by atoms with Crippen LogP contribution in [0.3, 0.4) is 0 Å². The van der Waals surface area contributed by atoms with Gasteiger partial charge < -0.3 is 24.8 Å². The number of rotatable bonds is 9. The lowest BCUT2D eigenvalue weighted by atomic mass is 10.1. The maximum atomic E-state index is 6.01. The van der Waals surface area contributed by atoms with Crippen LogP contribution < -0.4 is 20.1 Å². The largest absolute Gasteiger partial charge is 0.493 e. The van der Waals surface area contributed by atoms with Gasteiger partial charge in [-0.1, -0.05) is 12.1 Å². The number of hydrogen-bond donors (Lipinski definition) is 2. The van der Waals surface area contributed by atoms with E-state index in [2.05, 4.69) is 27.6 Å². The Balaban J connectivity index is 0.00000341. The molecular formula is C21H33IN6O3. The molecule has 0 bridgehead atoms. The first kappa shape index (κ1) is 25.2. The Kier molecular flexibility index (Phi) is 10.3. The number of aliphatic imine (C=N–C) groups is 1. The van der Waals surface area contributed by atoms with E-state index in [4.69, 9.17) is 19.2 Å². The van der Waals surface area contributed by atoms with Crippen LogP contribution in [0.5, 0.6) is 11.5 Å². The van der Waals surface area contributed by atoms with E-state index in [1.54, 1.807) is 14.2 Å². The third-order valence-corrected chi connectivity index (χ3v) is 4.76. The van der Waals surface area contributed by atoms with Crippen molar-refractivity contribution in [1.82, 2.24) is 25.4 Å². The minimum atomic E-state index is -0.0957. The number of halogens is 1. The van der Waals surface area contributed by atoms with E-state index >= 15 is 0 Å². The second-order valence-electron chi connectivity index (χ2n) is 7.24. The fraction of sp³-hybridized carbons (Fsp3) is 0.571. The normalized spacial score (nSPS) is 16.6. The molecule has 0 radical (unpaired) electrons. The molecule has 2 unspecified atom stereocenters. The molecule has 31 heavy (non-hydrogen) atoms. The van der Waals surface area contributed by atoms with Gasteiger partial charge in [-0.3, -0.25) is 0 Å². The van der Waals surface area contributed by atoms with Crippen LogP contribution in [0.4, 0.5) is 0 Å². The first-order valence-corrected chi connectivity index (χ1v) is 10.4. The van der Waals surface area contributed by atoms with Crippen molar-refractivity contribution in [3.63, 3.8) is 0 Å². The van der Waals surface area contributed by atoms with Crippen molar-refractivity contribution in [1.29, 1.82) is 0 Å². The standard InChI is InChI=1S/C21H32N6O3.HI/c1-5-22-21(23-12-15(2)30-18-9-7-6-8-17(18)29-4)24-16-10-11-20-25-19(14-28-3)26-27(20)13-16;/h6-9,15-16H,5,10-14H2,1-4H3,(H2,22,23,24);1H. The Labute approximate surface area is 201 Å². The molecule has 0 aliphatic carbocycles. The lowest BCUT2D eigenvalue weighted by molar-refractivity contribution is 0.177. The molecule has 172 valence electrons. The zero-order valence-electron chi connectivity index (χ0n) is 18.6.